The lowest BCUT2D eigenvalue weighted by Gasteiger charge is -2.13. The molecule has 0 aliphatic rings. The molecule has 0 fully saturated rings. The zero-order valence-corrected chi connectivity index (χ0v) is 13.8. The van der Waals surface area contributed by atoms with E-state index in [-0.39, 0.29) is 27.5 Å². The van der Waals surface area contributed by atoms with Gasteiger partial charge in [-0.1, -0.05) is 37.3 Å². The number of benzene rings is 2. The van der Waals surface area contributed by atoms with Crippen LogP contribution in [0.2, 0.25) is 0 Å². The number of hydrogen-bond acceptors (Lipinski definition) is 5. The standard InChI is InChI=1S/C17H18O5S/c1-3-12-9-10-13(15(16(12)18)17(19)22-2)11-23(20,21)14-7-5-4-6-8-14/h4-10,18H,3,11H2,1-2H3. The topological polar surface area (TPSA) is 80.7 Å². The highest BCUT2D eigenvalue weighted by Gasteiger charge is 2.24. The lowest BCUT2D eigenvalue weighted by molar-refractivity contribution is 0.0596. The molecule has 122 valence electrons. The molecule has 6 heteroatoms. The largest absolute Gasteiger partial charge is 0.507 e. The summed E-state index contributed by atoms with van der Waals surface area (Å²) in [6.07, 6.45) is 0.515. The molecule has 0 aliphatic heterocycles. The number of aromatic hydroxyl groups is 1. The van der Waals surface area contributed by atoms with Gasteiger partial charge in [0.25, 0.3) is 0 Å². The second-order valence-electron chi connectivity index (χ2n) is 5.02. The highest BCUT2D eigenvalue weighted by atomic mass is 32.2. The van der Waals surface area contributed by atoms with Crippen LogP contribution in [0.5, 0.6) is 5.75 Å². The van der Waals surface area contributed by atoms with Crippen molar-refractivity contribution in [2.24, 2.45) is 0 Å². The number of esters is 1. The van der Waals surface area contributed by atoms with Crippen LogP contribution >= 0.6 is 0 Å². The first kappa shape index (κ1) is 17.0. The highest BCUT2D eigenvalue weighted by Crippen LogP contribution is 2.29. The molecule has 0 saturated carbocycles. The number of hydrogen-bond donors (Lipinski definition) is 1. The molecule has 0 spiro atoms. The Kier molecular flexibility index (Phi) is 5.05. The molecule has 0 unspecified atom stereocenters. The average molecular weight is 334 g/mol. The van der Waals surface area contributed by atoms with Gasteiger partial charge in [0.05, 0.1) is 17.8 Å². The summed E-state index contributed by atoms with van der Waals surface area (Å²) in [7, 11) is -2.44. The van der Waals surface area contributed by atoms with Gasteiger partial charge in [0, 0.05) is 0 Å². The highest BCUT2D eigenvalue weighted by molar-refractivity contribution is 7.90. The van der Waals surface area contributed by atoms with Crippen molar-refractivity contribution in [2.75, 3.05) is 7.11 Å². The third kappa shape index (κ3) is 3.53. The van der Waals surface area contributed by atoms with E-state index in [4.69, 9.17) is 0 Å². The Bertz CT molecular complexity index is 810. The van der Waals surface area contributed by atoms with Gasteiger partial charge in [-0.15, -0.1) is 0 Å². The van der Waals surface area contributed by atoms with E-state index in [0.717, 1.165) is 0 Å². The molecule has 5 nitrogen and oxygen atoms in total. The van der Waals surface area contributed by atoms with Crippen molar-refractivity contribution >= 4 is 15.8 Å². The Morgan fingerprint density at radius 2 is 1.70 bits per heavy atom. The summed E-state index contributed by atoms with van der Waals surface area (Å²) in [5.41, 5.74) is 0.688. The van der Waals surface area contributed by atoms with Crippen LogP contribution in [0.1, 0.15) is 28.4 Å². The summed E-state index contributed by atoms with van der Waals surface area (Å²) < 4.78 is 29.7. The summed E-state index contributed by atoms with van der Waals surface area (Å²) in [5, 5.41) is 10.2. The molecule has 0 radical (unpaired) electrons. The van der Waals surface area contributed by atoms with Gasteiger partial charge in [0.15, 0.2) is 9.84 Å². The molecule has 1 N–H and O–H groups in total. The Labute approximate surface area is 135 Å². The first-order valence-corrected chi connectivity index (χ1v) is 8.75. The van der Waals surface area contributed by atoms with Crippen LogP contribution in [0, 0.1) is 0 Å². The van der Waals surface area contributed by atoms with E-state index in [1.54, 1.807) is 30.3 Å². The van der Waals surface area contributed by atoms with E-state index in [1.807, 2.05) is 6.92 Å². The molecule has 2 rings (SSSR count). The maximum absolute atomic E-state index is 12.5. The van der Waals surface area contributed by atoms with Gasteiger partial charge in [-0.3, -0.25) is 0 Å². The molecule has 0 bridgehead atoms. The molecule has 2 aromatic carbocycles. The summed E-state index contributed by atoms with van der Waals surface area (Å²) in [5.74, 6) is -1.37. The Balaban J connectivity index is 2.52. The van der Waals surface area contributed by atoms with Crippen molar-refractivity contribution < 1.29 is 23.1 Å². The van der Waals surface area contributed by atoms with Crippen molar-refractivity contribution in [1.29, 1.82) is 0 Å². The number of aryl methyl sites for hydroxylation is 1. The van der Waals surface area contributed by atoms with Gasteiger partial charge in [0.2, 0.25) is 0 Å². The molecular formula is C17H18O5S. The minimum absolute atomic E-state index is 0.0913. The summed E-state index contributed by atoms with van der Waals surface area (Å²) in [6, 6.07) is 11.1. The van der Waals surface area contributed by atoms with Crippen molar-refractivity contribution in [1.82, 2.24) is 0 Å². The number of sulfone groups is 1. The number of rotatable bonds is 5. The monoisotopic (exact) mass is 334 g/mol. The van der Waals surface area contributed by atoms with E-state index in [2.05, 4.69) is 4.74 Å². The molecule has 0 atom stereocenters. The lowest BCUT2D eigenvalue weighted by Crippen LogP contribution is -2.12. The second kappa shape index (κ2) is 6.83. The minimum atomic E-state index is -3.63. The van der Waals surface area contributed by atoms with Gasteiger partial charge in [0.1, 0.15) is 11.3 Å². The zero-order valence-electron chi connectivity index (χ0n) is 12.9. The SMILES string of the molecule is CCc1ccc(CS(=O)(=O)c2ccccc2)c(C(=O)OC)c1O. The third-order valence-electron chi connectivity index (χ3n) is 3.57. The lowest BCUT2D eigenvalue weighted by atomic mass is 10.0. The van der Waals surface area contributed by atoms with Gasteiger partial charge in [-0.25, -0.2) is 13.2 Å². The van der Waals surface area contributed by atoms with Gasteiger partial charge >= 0.3 is 5.97 Å². The van der Waals surface area contributed by atoms with Crippen LogP contribution in [0.25, 0.3) is 0 Å². The van der Waals surface area contributed by atoms with Crippen molar-refractivity contribution in [3.63, 3.8) is 0 Å². The minimum Gasteiger partial charge on any atom is -0.507 e. The number of carbonyl (C=O) groups excluding carboxylic acids is 1. The molecule has 0 saturated heterocycles. The van der Waals surface area contributed by atoms with Gasteiger partial charge in [-0.05, 0) is 29.7 Å². The van der Waals surface area contributed by atoms with E-state index >= 15 is 0 Å². The Morgan fingerprint density at radius 3 is 2.26 bits per heavy atom. The van der Waals surface area contributed by atoms with Gasteiger partial charge in [-0.2, -0.15) is 0 Å². The first-order valence-electron chi connectivity index (χ1n) is 7.10. The predicted octanol–water partition coefficient (Wildman–Crippen LogP) is 2.72. The fourth-order valence-electron chi connectivity index (χ4n) is 2.33. The van der Waals surface area contributed by atoms with E-state index in [0.29, 0.717) is 12.0 Å². The number of phenolic OH excluding ortho intramolecular Hbond substituents is 1. The number of ether oxygens (including phenoxy) is 1. The summed E-state index contributed by atoms with van der Waals surface area (Å²) in [6.45, 7) is 1.83. The maximum atomic E-state index is 12.5. The smallest absolute Gasteiger partial charge is 0.341 e. The Hall–Kier alpha value is -2.34. The average Bonchev–Trinajstić information content (AvgIpc) is 2.55. The predicted molar refractivity (Wildman–Crippen MR) is 86.2 cm³/mol. The van der Waals surface area contributed by atoms with Crippen LogP contribution in [0.4, 0.5) is 0 Å². The fourth-order valence-corrected chi connectivity index (χ4v) is 3.72. The Morgan fingerprint density at radius 1 is 1.09 bits per heavy atom. The molecule has 0 aliphatic carbocycles. The van der Waals surface area contributed by atoms with E-state index in [9.17, 15) is 18.3 Å². The molecule has 2 aromatic rings. The van der Waals surface area contributed by atoms with Crippen molar-refractivity contribution in [3.8, 4) is 5.75 Å². The number of methoxy groups -OCH3 is 1. The van der Waals surface area contributed by atoms with E-state index < -0.39 is 15.8 Å². The summed E-state index contributed by atoms with van der Waals surface area (Å²) in [4.78, 5) is 12.1. The summed E-state index contributed by atoms with van der Waals surface area (Å²) >= 11 is 0. The van der Waals surface area contributed by atoms with Gasteiger partial charge < -0.3 is 9.84 Å². The van der Waals surface area contributed by atoms with Crippen molar-refractivity contribution in [2.45, 2.75) is 24.0 Å². The molecular weight excluding hydrogens is 316 g/mol. The number of phenols is 1. The van der Waals surface area contributed by atoms with Crippen molar-refractivity contribution in [3.05, 3.63) is 59.2 Å². The normalized spacial score (nSPS) is 11.2. The van der Waals surface area contributed by atoms with Crippen LogP contribution in [-0.2, 0) is 26.7 Å². The quantitative estimate of drug-likeness (QED) is 0.850. The molecule has 0 heterocycles. The molecule has 0 aromatic heterocycles. The zero-order chi connectivity index (χ0) is 17.0. The van der Waals surface area contributed by atoms with Crippen LogP contribution in [-0.4, -0.2) is 26.6 Å². The van der Waals surface area contributed by atoms with E-state index in [1.165, 1.54) is 19.2 Å². The first-order chi connectivity index (χ1) is 10.9. The van der Waals surface area contributed by atoms with Crippen LogP contribution < -0.4 is 0 Å². The van der Waals surface area contributed by atoms with Crippen LogP contribution in [0.3, 0.4) is 0 Å². The molecule has 23 heavy (non-hydrogen) atoms. The number of carbonyl (C=O) groups is 1. The third-order valence-corrected chi connectivity index (χ3v) is 5.25. The fraction of sp³-hybridized carbons (Fsp3) is 0.235. The van der Waals surface area contributed by atoms with Crippen LogP contribution in [0.15, 0.2) is 47.4 Å². The second-order valence-corrected chi connectivity index (χ2v) is 7.01. The maximum Gasteiger partial charge on any atom is 0.341 e. The molecule has 0 amide bonds.